The Kier molecular flexibility index (Phi) is 2.96. The molecule has 2 unspecified atom stereocenters. The van der Waals surface area contributed by atoms with Crippen LogP contribution in [0.15, 0.2) is 12.7 Å². The molecule has 2 rings (SSSR count). The number of carbonyl (C=O) groups is 2. The van der Waals surface area contributed by atoms with Gasteiger partial charge in [0.2, 0.25) is 5.91 Å². The van der Waals surface area contributed by atoms with E-state index in [9.17, 15) is 9.59 Å². The Balaban J connectivity index is 2.09. The van der Waals surface area contributed by atoms with E-state index in [1.165, 1.54) is 0 Å². The molecular formula is C11H15NO4. The van der Waals surface area contributed by atoms with Gasteiger partial charge in [-0.25, -0.2) is 0 Å². The highest BCUT2D eigenvalue weighted by Gasteiger charge is 2.55. The average molecular weight is 225 g/mol. The second kappa shape index (κ2) is 4.25. The second-order valence-corrected chi connectivity index (χ2v) is 4.21. The maximum absolute atomic E-state index is 11.8. The third kappa shape index (κ3) is 1.71. The molecule has 0 aromatic carbocycles. The van der Waals surface area contributed by atoms with Crippen molar-refractivity contribution in [3.63, 3.8) is 0 Å². The predicted molar refractivity (Wildman–Crippen MR) is 55.7 cm³/mol. The number of nitrogens with one attached hydrogen (secondary N) is 1. The van der Waals surface area contributed by atoms with Crippen molar-refractivity contribution in [2.24, 2.45) is 11.8 Å². The van der Waals surface area contributed by atoms with Crippen LogP contribution in [0, 0.1) is 11.8 Å². The molecule has 4 atom stereocenters. The Bertz CT molecular complexity index is 328. The maximum Gasteiger partial charge on any atom is 0.310 e. The van der Waals surface area contributed by atoms with Gasteiger partial charge in [-0.2, -0.15) is 0 Å². The van der Waals surface area contributed by atoms with Crippen molar-refractivity contribution >= 4 is 11.9 Å². The van der Waals surface area contributed by atoms with Crippen LogP contribution in [0.1, 0.15) is 12.8 Å². The molecule has 2 saturated heterocycles. The number of carbonyl (C=O) groups excluding carboxylic acids is 1. The Morgan fingerprint density at radius 1 is 1.38 bits per heavy atom. The topological polar surface area (TPSA) is 75.6 Å². The van der Waals surface area contributed by atoms with Gasteiger partial charge in [-0.05, 0) is 12.8 Å². The van der Waals surface area contributed by atoms with Crippen molar-refractivity contribution in [2.75, 3.05) is 6.54 Å². The van der Waals surface area contributed by atoms with Crippen molar-refractivity contribution in [3.8, 4) is 0 Å². The van der Waals surface area contributed by atoms with Crippen LogP contribution in [-0.4, -0.2) is 35.7 Å². The van der Waals surface area contributed by atoms with Crippen LogP contribution in [-0.2, 0) is 14.3 Å². The fourth-order valence-electron chi connectivity index (χ4n) is 2.62. The average Bonchev–Trinajstić information content (AvgIpc) is 2.84. The minimum atomic E-state index is -0.939. The molecule has 0 aromatic rings. The largest absolute Gasteiger partial charge is 0.481 e. The lowest BCUT2D eigenvalue weighted by Gasteiger charge is -2.23. The highest BCUT2D eigenvalue weighted by atomic mass is 16.5. The monoisotopic (exact) mass is 225 g/mol. The number of fused-ring (bicyclic) bond motifs is 2. The molecule has 16 heavy (non-hydrogen) atoms. The van der Waals surface area contributed by atoms with Crippen LogP contribution in [0.3, 0.4) is 0 Å². The van der Waals surface area contributed by atoms with E-state index in [1.807, 2.05) is 0 Å². The van der Waals surface area contributed by atoms with E-state index in [0.717, 1.165) is 12.8 Å². The van der Waals surface area contributed by atoms with Gasteiger partial charge in [-0.1, -0.05) is 6.08 Å². The van der Waals surface area contributed by atoms with Crippen LogP contribution >= 0.6 is 0 Å². The van der Waals surface area contributed by atoms with E-state index in [1.54, 1.807) is 6.08 Å². The van der Waals surface area contributed by atoms with E-state index >= 15 is 0 Å². The van der Waals surface area contributed by atoms with Gasteiger partial charge in [-0.3, -0.25) is 9.59 Å². The first kappa shape index (κ1) is 11.1. The summed E-state index contributed by atoms with van der Waals surface area (Å²) >= 11 is 0. The zero-order valence-electron chi connectivity index (χ0n) is 8.89. The number of ether oxygens (including phenoxy) is 1. The molecule has 0 aliphatic carbocycles. The van der Waals surface area contributed by atoms with Crippen LogP contribution in [0.5, 0.6) is 0 Å². The van der Waals surface area contributed by atoms with Gasteiger partial charge in [0.25, 0.3) is 0 Å². The molecule has 2 heterocycles. The van der Waals surface area contributed by atoms with Gasteiger partial charge >= 0.3 is 5.97 Å². The molecule has 2 bridgehead atoms. The zero-order chi connectivity index (χ0) is 11.7. The van der Waals surface area contributed by atoms with Crippen molar-refractivity contribution in [3.05, 3.63) is 12.7 Å². The van der Waals surface area contributed by atoms with Crippen molar-refractivity contribution in [1.29, 1.82) is 0 Å². The van der Waals surface area contributed by atoms with Crippen LogP contribution in [0.2, 0.25) is 0 Å². The fourth-order valence-corrected chi connectivity index (χ4v) is 2.62. The number of hydrogen-bond donors (Lipinski definition) is 2. The first-order chi connectivity index (χ1) is 7.65. The summed E-state index contributed by atoms with van der Waals surface area (Å²) < 4.78 is 5.49. The van der Waals surface area contributed by atoms with Gasteiger partial charge in [-0.15, -0.1) is 6.58 Å². The van der Waals surface area contributed by atoms with E-state index in [2.05, 4.69) is 11.9 Å². The zero-order valence-corrected chi connectivity index (χ0v) is 8.89. The summed E-state index contributed by atoms with van der Waals surface area (Å²) in [6.45, 7) is 3.86. The van der Waals surface area contributed by atoms with Crippen LogP contribution < -0.4 is 5.32 Å². The quantitative estimate of drug-likeness (QED) is 0.669. The number of amides is 1. The SMILES string of the molecule is C=CCNC(=O)C1C(C(=O)O)[C@H]2CC[C@@H]1O2. The molecule has 5 heteroatoms. The second-order valence-electron chi connectivity index (χ2n) is 4.21. The third-order valence-corrected chi connectivity index (χ3v) is 3.28. The smallest absolute Gasteiger partial charge is 0.310 e. The molecule has 0 aromatic heterocycles. The van der Waals surface area contributed by atoms with Crippen molar-refractivity contribution in [1.82, 2.24) is 5.32 Å². The first-order valence-electron chi connectivity index (χ1n) is 5.42. The summed E-state index contributed by atoms with van der Waals surface area (Å²) in [6.07, 6.45) is 2.58. The molecule has 0 spiro atoms. The summed E-state index contributed by atoms with van der Waals surface area (Å²) in [5.74, 6) is -2.41. The van der Waals surface area contributed by atoms with Gasteiger partial charge in [0, 0.05) is 6.54 Å². The number of hydrogen-bond acceptors (Lipinski definition) is 3. The van der Waals surface area contributed by atoms with Crippen LogP contribution in [0.25, 0.3) is 0 Å². The lowest BCUT2D eigenvalue weighted by Crippen LogP contribution is -2.43. The summed E-state index contributed by atoms with van der Waals surface area (Å²) in [5, 5.41) is 11.7. The van der Waals surface area contributed by atoms with Gasteiger partial charge in [0.15, 0.2) is 0 Å². The van der Waals surface area contributed by atoms with Gasteiger partial charge in [0.1, 0.15) is 0 Å². The molecule has 0 saturated carbocycles. The lowest BCUT2D eigenvalue weighted by molar-refractivity contribution is -0.147. The summed E-state index contributed by atoms with van der Waals surface area (Å²) in [5.41, 5.74) is 0. The number of rotatable bonds is 4. The summed E-state index contributed by atoms with van der Waals surface area (Å²) in [4.78, 5) is 22.9. The molecule has 2 N–H and O–H groups in total. The molecule has 2 fully saturated rings. The third-order valence-electron chi connectivity index (χ3n) is 3.28. The lowest BCUT2D eigenvalue weighted by atomic mass is 9.79. The normalized spacial score (nSPS) is 36.0. The van der Waals surface area contributed by atoms with E-state index < -0.39 is 17.8 Å². The molecule has 0 radical (unpaired) electrons. The first-order valence-corrected chi connectivity index (χ1v) is 5.42. The predicted octanol–water partition coefficient (Wildman–Crippen LogP) is 0.167. The van der Waals surface area contributed by atoms with E-state index in [4.69, 9.17) is 9.84 Å². The Labute approximate surface area is 93.5 Å². The standard InChI is InChI=1S/C11H15NO4/c1-2-5-12-10(13)8-6-3-4-7(16-6)9(8)11(14)15/h2,6-9H,1,3-5H2,(H,12,13)(H,14,15)/t6-,7+,8?,9?/m0/s1. The van der Waals surface area contributed by atoms with Crippen molar-refractivity contribution < 1.29 is 19.4 Å². The molecule has 2 aliphatic heterocycles. The Morgan fingerprint density at radius 3 is 2.56 bits per heavy atom. The molecule has 88 valence electrons. The Morgan fingerprint density at radius 2 is 2.00 bits per heavy atom. The van der Waals surface area contributed by atoms with Gasteiger partial charge < -0.3 is 15.2 Å². The fraction of sp³-hybridized carbons (Fsp3) is 0.636. The number of carboxylic acids is 1. The maximum atomic E-state index is 11.8. The van der Waals surface area contributed by atoms with E-state index in [-0.39, 0.29) is 18.1 Å². The van der Waals surface area contributed by atoms with E-state index in [0.29, 0.717) is 6.54 Å². The number of carboxylic acid groups (broad SMARTS) is 1. The Hall–Kier alpha value is -1.36. The summed E-state index contributed by atoms with van der Waals surface area (Å²) in [7, 11) is 0. The molecule has 2 aliphatic rings. The summed E-state index contributed by atoms with van der Waals surface area (Å²) in [6, 6.07) is 0. The highest BCUT2D eigenvalue weighted by molar-refractivity contribution is 5.86. The molecule has 5 nitrogen and oxygen atoms in total. The van der Waals surface area contributed by atoms with Gasteiger partial charge in [0.05, 0.1) is 24.0 Å². The van der Waals surface area contributed by atoms with Crippen molar-refractivity contribution in [2.45, 2.75) is 25.0 Å². The molecular weight excluding hydrogens is 210 g/mol. The highest BCUT2D eigenvalue weighted by Crippen LogP contribution is 2.43. The number of aliphatic carboxylic acids is 1. The minimum Gasteiger partial charge on any atom is -0.481 e. The molecule has 1 amide bonds. The van der Waals surface area contributed by atoms with Crippen LogP contribution in [0.4, 0.5) is 0 Å². The minimum absolute atomic E-state index is 0.226.